The average molecular weight is 225 g/mol. The van der Waals surface area contributed by atoms with Gasteiger partial charge in [-0.25, -0.2) is 0 Å². The molecule has 0 bridgehead atoms. The van der Waals surface area contributed by atoms with Gasteiger partial charge in [0.25, 0.3) is 0 Å². The number of piperidine rings is 1. The normalized spacial score (nSPS) is 28.1. The fourth-order valence-electron chi connectivity index (χ4n) is 2.38. The summed E-state index contributed by atoms with van der Waals surface area (Å²) < 4.78 is 0. The van der Waals surface area contributed by atoms with Crippen LogP contribution in [0.2, 0.25) is 0 Å². The lowest BCUT2D eigenvalue weighted by Crippen LogP contribution is -2.48. The van der Waals surface area contributed by atoms with Crippen LogP contribution in [0.1, 0.15) is 31.1 Å². The molecule has 1 aliphatic heterocycles. The Hall–Kier alpha value is -0.450. The lowest BCUT2D eigenvalue weighted by atomic mass is 9.96. The van der Waals surface area contributed by atoms with Gasteiger partial charge in [0.05, 0.1) is 5.51 Å². The zero-order chi connectivity index (χ0) is 10.7. The van der Waals surface area contributed by atoms with E-state index in [-0.39, 0.29) is 0 Å². The highest BCUT2D eigenvalue weighted by molar-refractivity contribution is 7.09. The van der Waals surface area contributed by atoms with E-state index in [1.807, 2.05) is 11.7 Å². The molecule has 3 nitrogen and oxygen atoms in total. The molecule has 2 atom stereocenters. The molecule has 84 valence electrons. The smallest absolute Gasteiger partial charge is 0.0794 e. The van der Waals surface area contributed by atoms with Crippen molar-refractivity contribution < 1.29 is 0 Å². The summed E-state index contributed by atoms with van der Waals surface area (Å²) in [6.45, 7) is 4.11. The summed E-state index contributed by atoms with van der Waals surface area (Å²) in [7, 11) is 0. The molecule has 2 heterocycles. The van der Waals surface area contributed by atoms with Gasteiger partial charge in [0.1, 0.15) is 0 Å². The summed E-state index contributed by atoms with van der Waals surface area (Å²) in [5.41, 5.74) is 7.74. The van der Waals surface area contributed by atoms with Crippen molar-refractivity contribution in [1.29, 1.82) is 0 Å². The third-order valence-corrected chi connectivity index (χ3v) is 4.05. The van der Waals surface area contributed by atoms with E-state index < -0.39 is 0 Å². The van der Waals surface area contributed by atoms with Gasteiger partial charge in [-0.05, 0) is 19.8 Å². The van der Waals surface area contributed by atoms with Crippen LogP contribution < -0.4 is 5.73 Å². The predicted octanol–water partition coefficient (Wildman–Crippen LogP) is 1.84. The standard InChI is InChI=1S/C11H19N3S/c1-9-3-2-4-10(5-12)14(9)7-11-6-13-8-15-11/h6,8-10H,2-5,7,12H2,1H3. The number of hydrogen-bond donors (Lipinski definition) is 1. The molecule has 2 rings (SSSR count). The first-order chi connectivity index (χ1) is 7.31. The van der Waals surface area contributed by atoms with Gasteiger partial charge in [-0.15, -0.1) is 11.3 Å². The second-order valence-corrected chi connectivity index (χ2v) is 5.28. The van der Waals surface area contributed by atoms with Gasteiger partial charge >= 0.3 is 0 Å². The molecule has 0 amide bonds. The molecule has 1 fully saturated rings. The van der Waals surface area contributed by atoms with Crippen LogP contribution in [0.25, 0.3) is 0 Å². The molecule has 1 aromatic rings. The van der Waals surface area contributed by atoms with Crippen molar-refractivity contribution in [3.63, 3.8) is 0 Å². The lowest BCUT2D eigenvalue weighted by molar-refractivity contribution is 0.0903. The van der Waals surface area contributed by atoms with E-state index in [1.54, 1.807) is 11.3 Å². The van der Waals surface area contributed by atoms with E-state index >= 15 is 0 Å². The summed E-state index contributed by atoms with van der Waals surface area (Å²) in [6.07, 6.45) is 5.84. The second kappa shape index (κ2) is 5.05. The molecule has 1 saturated heterocycles. The van der Waals surface area contributed by atoms with Crippen molar-refractivity contribution in [2.75, 3.05) is 6.54 Å². The highest BCUT2D eigenvalue weighted by atomic mass is 32.1. The Bertz CT molecular complexity index is 286. The number of nitrogens with zero attached hydrogens (tertiary/aromatic N) is 2. The monoisotopic (exact) mass is 225 g/mol. The van der Waals surface area contributed by atoms with Gasteiger partial charge in [0, 0.05) is 36.2 Å². The minimum absolute atomic E-state index is 0.566. The quantitative estimate of drug-likeness (QED) is 0.853. The molecule has 0 aliphatic carbocycles. The molecule has 0 saturated carbocycles. The van der Waals surface area contributed by atoms with E-state index in [2.05, 4.69) is 16.8 Å². The van der Waals surface area contributed by atoms with Crippen molar-refractivity contribution in [2.24, 2.45) is 5.73 Å². The molecular weight excluding hydrogens is 206 g/mol. The van der Waals surface area contributed by atoms with Crippen molar-refractivity contribution in [1.82, 2.24) is 9.88 Å². The van der Waals surface area contributed by atoms with Crippen LogP contribution in [0.15, 0.2) is 11.7 Å². The van der Waals surface area contributed by atoms with Crippen LogP contribution in [0, 0.1) is 0 Å². The minimum Gasteiger partial charge on any atom is -0.329 e. The molecule has 1 aliphatic rings. The second-order valence-electron chi connectivity index (χ2n) is 4.31. The first-order valence-electron chi connectivity index (χ1n) is 5.64. The fraction of sp³-hybridized carbons (Fsp3) is 0.727. The van der Waals surface area contributed by atoms with Crippen molar-refractivity contribution in [3.8, 4) is 0 Å². The van der Waals surface area contributed by atoms with Crippen molar-refractivity contribution in [3.05, 3.63) is 16.6 Å². The largest absolute Gasteiger partial charge is 0.329 e. The Balaban J connectivity index is 2.03. The maximum absolute atomic E-state index is 5.83. The fourth-order valence-corrected chi connectivity index (χ4v) is 2.98. The summed E-state index contributed by atoms with van der Waals surface area (Å²) in [5.74, 6) is 0. The summed E-state index contributed by atoms with van der Waals surface area (Å²) in [4.78, 5) is 8.01. The molecule has 2 N–H and O–H groups in total. The van der Waals surface area contributed by atoms with Crippen LogP contribution in [-0.4, -0.2) is 28.5 Å². The Morgan fingerprint density at radius 3 is 3.13 bits per heavy atom. The molecular formula is C11H19N3S. The van der Waals surface area contributed by atoms with Crippen molar-refractivity contribution in [2.45, 2.75) is 44.8 Å². The third-order valence-electron chi connectivity index (χ3n) is 3.29. The molecule has 15 heavy (non-hydrogen) atoms. The molecule has 1 aromatic heterocycles. The number of hydrogen-bond acceptors (Lipinski definition) is 4. The zero-order valence-electron chi connectivity index (χ0n) is 9.22. The Morgan fingerprint density at radius 2 is 2.47 bits per heavy atom. The lowest BCUT2D eigenvalue weighted by Gasteiger charge is -2.39. The van der Waals surface area contributed by atoms with E-state index in [0.717, 1.165) is 13.1 Å². The maximum atomic E-state index is 5.83. The topological polar surface area (TPSA) is 42.1 Å². The minimum atomic E-state index is 0.566. The van der Waals surface area contributed by atoms with Gasteiger partial charge in [-0.1, -0.05) is 6.42 Å². The molecule has 2 unspecified atom stereocenters. The highest BCUT2D eigenvalue weighted by Crippen LogP contribution is 2.25. The summed E-state index contributed by atoms with van der Waals surface area (Å²) in [6, 6.07) is 1.23. The molecule has 0 spiro atoms. The zero-order valence-corrected chi connectivity index (χ0v) is 10.0. The summed E-state index contributed by atoms with van der Waals surface area (Å²) >= 11 is 1.74. The Kier molecular flexibility index (Phi) is 3.72. The molecule has 0 aromatic carbocycles. The van der Waals surface area contributed by atoms with E-state index in [1.165, 1.54) is 24.1 Å². The van der Waals surface area contributed by atoms with Gasteiger partial charge in [0.2, 0.25) is 0 Å². The molecule has 0 radical (unpaired) electrons. The van der Waals surface area contributed by atoms with Crippen molar-refractivity contribution >= 4 is 11.3 Å². The van der Waals surface area contributed by atoms with Gasteiger partial charge in [-0.2, -0.15) is 0 Å². The first-order valence-corrected chi connectivity index (χ1v) is 6.52. The van der Waals surface area contributed by atoms with Gasteiger partial charge in [0.15, 0.2) is 0 Å². The van der Waals surface area contributed by atoms with E-state index in [0.29, 0.717) is 12.1 Å². The highest BCUT2D eigenvalue weighted by Gasteiger charge is 2.26. The SMILES string of the molecule is CC1CCCC(CN)N1Cc1cncs1. The maximum Gasteiger partial charge on any atom is 0.0794 e. The Morgan fingerprint density at radius 1 is 1.60 bits per heavy atom. The van der Waals surface area contributed by atoms with Crippen LogP contribution in [0.5, 0.6) is 0 Å². The third kappa shape index (κ3) is 2.56. The first kappa shape index (κ1) is 11.0. The molecule has 4 heteroatoms. The number of likely N-dealkylation sites (tertiary alicyclic amines) is 1. The van der Waals surface area contributed by atoms with E-state index in [4.69, 9.17) is 5.73 Å². The predicted molar refractivity (Wildman–Crippen MR) is 63.8 cm³/mol. The average Bonchev–Trinajstić information content (AvgIpc) is 2.74. The van der Waals surface area contributed by atoms with Crippen LogP contribution >= 0.6 is 11.3 Å². The van der Waals surface area contributed by atoms with E-state index in [9.17, 15) is 0 Å². The van der Waals surface area contributed by atoms with Crippen LogP contribution in [0.4, 0.5) is 0 Å². The van der Waals surface area contributed by atoms with Crippen LogP contribution in [-0.2, 0) is 6.54 Å². The van der Waals surface area contributed by atoms with Gasteiger partial charge < -0.3 is 5.73 Å². The summed E-state index contributed by atoms with van der Waals surface area (Å²) in [5, 5.41) is 0. The van der Waals surface area contributed by atoms with Crippen LogP contribution in [0.3, 0.4) is 0 Å². The number of nitrogens with two attached hydrogens (primary N) is 1. The Labute approximate surface area is 95.3 Å². The number of aromatic nitrogens is 1. The number of rotatable bonds is 3. The van der Waals surface area contributed by atoms with Gasteiger partial charge in [-0.3, -0.25) is 9.88 Å². The number of thiazole rings is 1.